The van der Waals surface area contributed by atoms with Crippen LogP contribution in [0.1, 0.15) is 12.5 Å². The maximum atomic E-state index is 5.91. The fraction of sp³-hybridized carbons (Fsp3) is 0.286. The first kappa shape index (κ1) is 13.6. The molecule has 0 unspecified atom stereocenters. The van der Waals surface area contributed by atoms with E-state index < -0.39 is 0 Å². The van der Waals surface area contributed by atoms with E-state index in [-0.39, 0.29) is 26.2 Å². The van der Waals surface area contributed by atoms with Crippen LogP contribution in [0, 0.1) is 12.7 Å². The minimum Gasteiger partial charge on any atom is -0.389 e. The van der Waals surface area contributed by atoms with Crippen LogP contribution in [-0.2, 0) is 32.7 Å². The molecule has 0 atom stereocenters. The Balaban J connectivity index is 0.00000128. The monoisotopic (exact) mass is 287 g/mol. The standard InChI is InChI=1S/C14H15N.Zr/c1-3-14-11-15(9-12(14)2)10-13-7-5-4-6-8-13;/h2,4-8H,9-11H2,1H3;/q-2;+2. The van der Waals surface area contributed by atoms with Gasteiger partial charge < -0.3 is 28.7 Å². The van der Waals surface area contributed by atoms with Crippen LogP contribution < -0.4 is 0 Å². The topological polar surface area (TPSA) is 3.24 Å². The van der Waals surface area contributed by atoms with Crippen molar-refractivity contribution in [3.63, 3.8) is 0 Å². The van der Waals surface area contributed by atoms with Crippen molar-refractivity contribution in [2.45, 2.75) is 13.5 Å². The van der Waals surface area contributed by atoms with E-state index in [1.54, 1.807) is 0 Å². The van der Waals surface area contributed by atoms with Gasteiger partial charge in [0.1, 0.15) is 0 Å². The van der Waals surface area contributed by atoms with Gasteiger partial charge in [-0.15, -0.1) is 6.92 Å². The number of hydrogen-bond donors (Lipinski definition) is 0. The first-order valence-corrected chi connectivity index (χ1v) is 5.21. The third-order valence-corrected chi connectivity index (χ3v) is 2.71. The summed E-state index contributed by atoms with van der Waals surface area (Å²) in [6.45, 7) is 10.6. The molecule has 80 valence electrons. The zero-order chi connectivity index (χ0) is 10.7. The molecular weight excluding hydrogens is 273 g/mol. The summed E-state index contributed by atoms with van der Waals surface area (Å²) in [7, 11) is 0. The van der Waals surface area contributed by atoms with Gasteiger partial charge >= 0.3 is 26.2 Å². The second-order valence-electron chi connectivity index (χ2n) is 3.88. The van der Waals surface area contributed by atoms with Crippen molar-refractivity contribution in [1.29, 1.82) is 0 Å². The SMILES string of the molecule is [CH-]=C1CN(Cc2ccccc2)CC1=[C-]C.[Zr+2]. The van der Waals surface area contributed by atoms with Crippen molar-refractivity contribution >= 4 is 0 Å². The maximum absolute atomic E-state index is 5.91. The van der Waals surface area contributed by atoms with Crippen LogP contribution in [0.2, 0.25) is 0 Å². The summed E-state index contributed by atoms with van der Waals surface area (Å²) in [6.07, 6.45) is 3.14. The fourth-order valence-electron chi connectivity index (χ4n) is 1.91. The molecule has 1 saturated heterocycles. The van der Waals surface area contributed by atoms with E-state index in [2.05, 4.69) is 35.2 Å². The molecule has 0 N–H and O–H groups in total. The molecule has 0 radical (unpaired) electrons. The van der Waals surface area contributed by atoms with E-state index in [9.17, 15) is 0 Å². The average Bonchev–Trinajstić information content (AvgIpc) is 2.60. The summed E-state index contributed by atoms with van der Waals surface area (Å²) in [4.78, 5) is 2.33. The van der Waals surface area contributed by atoms with Crippen LogP contribution in [-0.4, -0.2) is 18.0 Å². The first-order chi connectivity index (χ1) is 7.29. The van der Waals surface area contributed by atoms with Gasteiger partial charge in [0.25, 0.3) is 0 Å². The predicted octanol–water partition coefficient (Wildman–Crippen LogP) is 2.61. The second-order valence-corrected chi connectivity index (χ2v) is 3.88. The molecule has 0 amide bonds. The number of hydrogen-bond acceptors (Lipinski definition) is 1. The third-order valence-electron chi connectivity index (χ3n) is 2.71. The van der Waals surface area contributed by atoms with Gasteiger partial charge in [-0.1, -0.05) is 43.4 Å². The van der Waals surface area contributed by atoms with Crippen LogP contribution in [0.25, 0.3) is 0 Å². The van der Waals surface area contributed by atoms with Crippen LogP contribution >= 0.6 is 0 Å². The minimum absolute atomic E-state index is 0. The van der Waals surface area contributed by atoms with Crippen LogP contribution in [0.15, 0.2) is 41.5 Å². The van der Waals surface area contributed by atoms with Crippen LogP contribution in [0.4, 0.5) is 0 Å². The molecule has 0 saturated carbocycles. The second kappa shape index (κ2) is 6.32. The van der Waals surface area contributed by atoms with E-state index in [1.165, 1.54) is 5.56 Å². The summed E-state index contributed by atoms with van der Waals surface area (Å²) in [6, 6.07) is 10.5. The number of benzene rings is 1. The summed E-state index contributed by atoms with van der Waals surface area (Å²) < 4.78 is 0. The Bertz CT molecular complexity index is 381. The van der Waals surface area contributed by atoms with Gasteiger partial charge in [0.2, 0.25) is 0 Å². The number of allylic oxidation sites excluding steroid dienone is 1. The van der Waals surface area contributed by atoms with E-state index in [0.29, 0.717) is 0 Å². The minimum atomic E-state index is 0. The van der Waals surface area contributed by atoms with E-state index >= 15 is 0 Å². The van der Waals surface area contributed by atoms with Crippen molar-refractivity contribution in [3.05, 3.63) is 59.7 Å². The van der Waals surface area contributed by atoms with Gasteiger partial charge in [-0.3, -0.25) is 0 Å². The zero-order valence-corrected chi connectivity index (χ0v) is 12.0. The Hall–Kier alpha value is -0.457. The molecule has 16 heavy (non-hydrogen) atoms. The van der Waals surface area contributed by atoms with Gasteiger partial charge in [-0.25, -0.2) is 0 Å². The fourth-order valence-corrected chi connectivity index (χ4v) is 1.91. The Kier molecular flexibility index (Phi) is 5.38. The molecule has 1 nitrogen and oxygen atoms in total. The quantitative estimate of drug-likeness (QED) is 0.756. The van der Waals surface area contributed by atoms with Gasteiger partial charge in [-0.05, 0) is 5.56 Å². The molecule has 0 spiro atoms. The molecule has 2 rings (SSSR count). The average molecular weight is 289 g/mol. The maximum Gasteiger partial charge on any atom is 2.00 e. The van der Waals surface area contributed by atoms with Gasteiger partial charge in [0.15, 0.2) is 0 Å². The molecule has 1 heterocycles. The van der Waals surface area contributed by atoms with Crippen LogP contribution in [0.5, 0.6) is 0 Å². The molecule has 0 aliphatic carbocycles. The molecule has 1 aliphatic heterocycles. The largest absolute Gasteiger partial charge is 2.00 e. The zero-order valence-electron chi connectivity index (χ0n) is 9.53. The molecular formula is C14H15NZr. The third kappa shape index (κ3) is 3.27. The number of likely N-dealkylation sites (tertiary alicyclic amines) is 1. The van der Waals surface area contributed by atoms with Crippen LogP contribution in [0.3, 0.4) is 0 Å². The van der Waals surface area contributed by atoms with Gasteiger partial charge in [0.05, 0.1) is 0 Å². The van der Waals surface area contributed by atoms with Gasteiger partial charge in [-0.2, -0.15) is 0 Å². The Morgan fingerprint density at radius 2 is 1.94 bits per heavy atom. The number of nitrogens with zero attached hydrogens (tertiary/aromatic N) is 1. The Morgan fingerprint density at radius 1 is 1.25 bits per heavy atom. The van der Waals surface area contributed by atoms with Crippen molar-refractivity contribution in [3.8, 4) is 0 Å². The van der Waals surface area contributed by atoms with Crippen molar-refractivity contribution < 1.29 is 26.2 Å². The molecule has 1 aliphatic rings. The molecule has 1 fully saturated rings. The van der Waals surface area contributed by atoms with Crippen molar-refractivity contribution in [2.24, 2.45) is 0 Å². The molecule has 0 aromatic heterocycles. The molecule has 1 aromatic rings. The first-order valence-electron chi connectivity index (χ1n) is 5.21. The summed E-state index contributed by atoms with van der Waals surface area (Å²) in [5, 5.41) is 0. The van der Waals surface area contributed by atoms with E-state index in [1.807, 2.05) is 13.0 Å². The predicted molar refractivity (Wildman–Crippen MR) is 62.0 cm³/mol. The number of rotatable bonds is 2. The van der Waals surface area contributed by atoms with Crippen molar-refractivity contribution in [1.82, 2.24) is 4.90 Å². The Morgan fingerprint density at radius 3 is 2.50 bits per heavy atom. The van der Waals surface area contributed by atoms with E-state index in [0.717, 1.165) is 30.8 Å². The van der Waals surface area contributed by atoms with E-state index in [4.69, 9.17) is 6.58 Å². The summed E-state index contributed by atoms with van der Waals surface area (Å²) in [5.74, 6) is 0. The molecule has 2 heteroatoms. The smallest absolute Gasteiger partial charge is 0.389 e. The molecule has 0 bridgehead atoms. The molecule has 1 aromatic carbocycles. The van der Waals surface area contributed by atoms with Crippen molar-refractivity contribution in [2.75, 3.05) is 13.1 Å². The van der Waals surface area contributed by atoms with Gasteiger partial charge in [0, 0.05) is 6.54 Å². The summed E-state index contributed by atoms with van der Waals surface area (Å²) in [5.41, 5.74) is 3.46. The normalized spacial score (nSPS) is 18.8. The summed E-state index contributed by atoms with van der Waals surface area (Å²) >= 11 is 0. The Labute approximate surface area is 117 Å².